The molecule has 0 spiro atoms. The van der Waals surface area contributed by atoms with Gasteiger partial charge >= 0.3 is 0 Å². The van der Waals surface area contributed by atoms with Crippen LogP contribution in [0.4, 0.5) is 0 Å². The summed E-state index contributed by atoms with van der Waals surface area (Å²) in [5, 5.41) is 0.292. The van der Waals surface area contributed by atoms with E-state index in [9.17, 15) is 4.21 Å². The van der Waals surface area contributed by atoms with Crippen molar-refractivity contribution in [2.24, 2.45) is 29.1 Å². The minimum Gasteiger partial charge on any atom is -0.413 e. The zero-order valence-corrected chi connectivity index (χ0v) is 37.0. The second-order valence-corrected chi connectivity index (χ2v) is 31.0. The lowest BCUT2D eigenvalue weighted by Gasteiger charge is -2.50. The maximum Gasteiger partial charge on any atom is 0.283 e. The molecule has 3 aliphatic carbocycles. The Morgan fingerprint density at radius 2 is 1.56 bits per heavy atom. The second-order valence-electron chi connectivity index (χ2n) is 20.0. The molecule has 1 aromatic rings. The highest BCUT2D eigenvalue weighted by Crippen LogP contribution is 2.56. The standard InChI is InChI=1S/C43H68O6SSi2/c1-40(2,3)51(8,9)48-38(31-17-15-16-18-31)22-21-32-26-36-33(27-37(36)39(32)49-52(10,11)41(4,5)6)25-35(50(44)34-19-13-12-14-20-34)23-24-43-45-28-42(7,29-46-43)30-47-43/h12-14,19-22,31-32,36-39H,15-18,23-24,26-30H2,1-11H3/b22-21+/t25?,32-,36+,37+,38-,39+,42?,43?,50?/m0/s1. The summed E-state index contributed by atoms with van der Waals surface area (Å²) in [4.78, 5) is 1.60. The molecule has 6 atom stereocenters. The maximum absolute atomic E-state index is 14.2. The van der Waals surface area contributed by atoms with Crippen LogP contribution in [0.15, 0.2) is 63.6 Å². The SMILES string of the molecule is CC12COC(CCC(=C=C3C[C@H]4[C@H](O[Si](C)(C)C(C)(C)C)[C@@H](/C=C/[C@H](O[Si](C)(C)C(C)(C)C)C5CCCC5)C[C@H]34)S(=O)c3ccccc3)(OC1)OC2. The molecule has 0 N–H and O–H groups in total. The van der Waals surface area contributed by atoms with Crippen molar-refractivity contribution in [2.45, 2.75) is 159 Å². The third-order valence-corrected chi connectivity index (χ3v) is 24.1. The zero-order chi connectivity index (χ0) is 37.7. The number of fused-ring (bicyclic) bond motifs is 4. The predicted octanol–water partition coefficient (Wildman–Crippen LogP) is 10.9. The minimum atomic E-state index is -2.04. The third kappa shape index (κ3) is 8.63. The van der Waals surface area contributed by atoms with Gasteiger partial charge < -0.3 is 23.1 Å². The number of hydrogen-bond donors (Lipinski definition) is 0. The summed E-state index contributed by atoms with van der Waals surface area (Å²) < 4.78 is 47.1. The molecule has 3 saturated heterocycles. The number of ether oxygens (including phenoxy) is 3. The summed E-state index contributed by atoms with van der Waals surface area (Å²) in [5.41, 5.74) is 4.98. The molecular weight excluding hydrogens is 701 g/mol. The van der Waals surface area contributed by atoms with E-state index in [1.165, 1.54) is 31.3 Å². The Labute approximate surface area is 320 Å². The van der Waals surface area contributed by atoms with Gasteiger partial charge in [0.25, 0.3) is 5.97 Å². The van der Waals surface area contributed by atoms with Crippen molar-refractivity contribution in [3.63, 3.8) is 0 Å². The van der Waals surface area contributed by atoms with Gasteiger partial charge in [-0.2, -0.15) is 0 Å². The van der Waals surface area contributed by atoms with Crippen LogP contribution < -0.4 is 0 Å². The fraction of sp³-hybridized carbons (Fsp3) is 0.744. The van der Waals surface area contributed by atoms with Gasteiger partial charge in [-0.1, -0.05) is 91.7 Å². The fourth-order valence-electron chi connectivity index (χ4n) is 8.08. The third-order valence-electron chi connectivity index (χ3n) is 13.7. The molecule has 1 aromatic carbocycles. The van der Waals surface area contributed by atoms with Crippen LogP contribution in [-0.4, -0.2) is 58.8 Å². The van der Waals surface area contributed by atoms with E-state index in [-0.39, 0.29) is 27.7 Å². The summed E-state index contributed by atoms with van der Waals surface area (Å²) >= 11 is 0. The highest BCUT2D eigenvalue weighted by molar-refractivity contribution is 7.89. The fourth-order valence-corrected chi connectivity index (χ4v) is 12.0. The van der Waals surface area contributed by atoms with E-state index in [4.69, 9.17) is 23.1 Å². The van der Waals surface area contributed by atoms with Crippen molar-refractivity contribution >= 4 is 27.4 Å². The van der Waals surface area contributed by atoms with Crippen LogP contribution in [0.5, 0.6) is 0 Å². The molecule has 52 heavy (non-hydrogen) atoms. The van der Waals surface area contributed by atoms with Crippen molar-refractivity contribution in [2.75, 3.05) is 19.8 Å². The largest absolute Gasteiger partial charge is 0.413 e. The van der Waals surface area contributed by atoms with Crippen molar-refractivity contribution in [1.82, 2.24) is 0 Å². The normalized spacial score (nSPS) is 32.5. The lowest BCUT2D eigenvalue weighted by Crippen LogP contribution is -2.58. The van der Waals surface area contributed by atoms with Gasteiger partial charge in [0, 0.05) is 22.6 Å². The van der Waals surface area contributed by atoms with E-state index in [0.717, 1.165) is 22.6 Å². The molecule has 6 fully saturated rings. The van der Waals surface area contributed by atoms with Gasteiger partial charge in [0.15, 0.2) is 16.6 Å². The highest BCUT2D eigenvalue weighted by Gasteiger charge is 2.54. The first-order chi connectivity index (χ1) is 24.2. The van der Waals surface area contributed by atoms with Crippen molar-refractivity contribution < 1.29 is 27.3 Å². The topological polar surface area (TPSA) is 63.2 Å². The van der Waals surface area contributed by atoms with Crippen LogP contribution in [0, 0.1) is 29.1 Å². The average molecular weight is 769 g/mol. The molecule has 6 aliphatic rings. The van der Waals surface area contributed by atoms with E-state index in [1.807, 2.05) is 30.3 Å². The molecule has 290 valence electrons. The molecule has 2 bridgehead atoms. The molecule has 3 heterocycles. The Balaban J connectivity index is 1.30. The first kappa shape index (κ1) is 40.5. The molecule has 7 rings (SSSR count). The van der Waals surface area contributed by atoms with Gasteiger partial charge in [-0.05, 0) is 104 Å². The number of benzene rings is 1. The summed E-state index contributed by atoms with van der Waals surface area (Å²) in [6.07, 6.45) is 13.4. The van der Waals surface area contributed by atoms with Crippen molar-refractivity contribution in [1.29, 1.82) is 0 Å². The van der Waals surface area contributed by atoms with E-state index in [0.29, 0.717) is 56.3 Å². The Morgan fingerprint density at radius 3 is 2.13 bits per heavy atom. The van der Waals surface area contributed by atoms with Crippen LogP contribution in [0.2, 0.25) is 36.3 Å². The smallest absolute Gasteiger partial charge is 0.283 e. The second kappa shape index (κ2) is 15.1. The van der Waals surface area contributed by atoms with E-state index >= 15 is 0 Å². The van der Waals surface area contributed by atoms with Gasteiger partial charge in [0.05, 0.1) is 47.7 Å². The van der Waals surface area contributed by atoms with E-state index in [2.05, 4.69) is 92.5 Å². The number of rotatable bonds is 12. The van der Waals surface area contributed by atoms with Gasteiger partial charge in [0.1, 0.15) is 0 Å². The molecule has 0 aromatic heterocycles. The van der Waals surface area contributed by atoms with Gasteiger partial charge in [0.2, 0.25) is 0 Å². The Morgan fingerprint density at radius 1 is 0.962 bits per heavy atom. The molecular formula is C43H68O6SSi2. The Hall–Kier alpha value is -1.14. The number of allylic oxidation sites excluding steroid dienone is 1. The van der Waals surface area contributed by atoms with Crippen molar-refractivity contribution in [3.8, 4) is 0 Å². The predicted molar refractivity (Wildman–Crippen MR) is 216 cm³/mol. The maximum atomic E-state index is 14.2. The molecule has 3 aliphatic heterocycles. The highest BCUT2D eigenvalue weighted by atomic mass is 32.2. The minimum absolute atomic E-state index is 0.0966. The Bertz CT molecular complexity index is 1520. The number of hydrogen-bond acceptors (Lipinski definition) is 6. The lowest BCUT2D eigenvalue weighted by molar-refractivity contribution is -0.467. The first-order valence-electron chi connectivity index (χ1n) is 20.1. The summed E-state index contributed by atoms with van der Waals surface area (Å²) in [6, 6.07) is 9.79. The summed E-state index contributed by atoms with van der Waals surface area (Å²) in [7, 11) is -5.34. The molecule has 3 saturated carbocycles. The summed E-state index contributed by atoms with van der Waals surface area (Å²) in [6.45, 7) is 27.6. The van der Waals surface area contributed by atoms with Crippen LogP contribution in [-0.2, 0) is 33.9 Å². The average Bonchev–Trinajstić information content (AvgIpc) is 3.70. The van der Waals surface area contributed by atoms with Gasteiger partial charge in [-0.25, -0.2) is 4.21 Å². The van der Waals surface area contributed by atoms with Crippen LogP contribution in [0.25, 0.3) is 0 Å². The monoisotopic (exact) mass is 768 g/mol. The molecule has 9 heteroatoms. The quantitative estimate of drug-likeness (QED) is 0.120. The van der Waals surface area contributed by atoms with E-state index < -0.39 is 33.4 Å². The zero-order valence-electron chi connectivity index (χ0n) is 34.1. The Kier molecular flexibility index (Phi) is 11.7. The lowest BCUT2D eigenvalue weighted by atomic mass is 9.71. The van der Waals surface area contributed by atoms with Crippen LogP contribution in [0.3, 0.4) is 0 Å². The van der Waals surface area contributed by atoms with E-state index in [1.54, 1.807) is 0 Å². The van der Waals surface area contributed by atoms with Gasteiger partial charge in [-0.3, -0.25) is 0 Å². The first-order valence-corrected chi connectivity index (χ1v) is 27.1. The molecule has 0 radical (unpaired) electrons. The van der Waals surface area contributed by atoms with Crippen LogP contribution in [0.1, 0.15) is 99.8 Å². The molecule has 1 unspecified atom stereocenters. The molecule has 6 nitrogen and oxygen atoms in total. The van der Waals surface area contributed by atoms with Crippen LogP contribution >= 0.6 is 0 Å². The van der Waals surface area contributed by atoms with Crippen molar-refractivity contribution in [3.05, 3.63) is 58.7 Å². The van der Waals surface area contributed by atoms with Gasteiger partial charge in [-0.15, -0.1) is 5.73 Å². The molecule has 0 amide bonds. The summed E-state index contributed by atoms with van der Waals surface area (Å²) in [5.74, 6) is 0.644.